The van der Waals surface area contributed by atoms with Crippen molar-refractivity contribution < 1.29 is 9.50 Å². The van der Waals surface area contributed by atoms with Gasteiger partial charge >= 0.3 is 0 Å². The predicted octanol–water partition coefficient (Wildman–Crippen LogP) is 3.53. The Bertz CT molecular complexity index is 1530. The van der Waals surface area contributed by atoms with Crippen LogP contribution in [0.15, 0.2) is 73.2 Å². The zero-order valence-corrected chi connectivity index (χ0v) is 17.1. The number of benzene rings is 2. The van der Waals surface area contributed by atoms with Gasteiger partial charge in [0.2, 0.25) is 0 Å². The Hall–Kier alpha value is -4.68. The summed E-state index contributed by atoms with van der Waals surface area (Å²) in [6.45, 7) is 0. The lowest BCUT2D eigenvalue weighted by Crippen LogP contribution is -2.07. The SMILES string of the molecule is N#Cc1cccc(-c2nc(N)c3cc(C(O)c4ccccc4F)nn3c2-c2ccncn2)c1. The molecule has 0 aliphatic carbocycles. The van der Waals surface area contributed by atoms with Gasteiger partial charge in [-0.1, -0.05) is 30.3 Å². The number of aromatic nitrogens is 5. The highest BCUT2D eigenvalue weighted by Crippen LogP contribution is 2.34. The largest absolute Gasteiger partial charge is 0.382 e. The first kappa shape index (κ1) is 20.2. The summed E-state index contributed by atoms with van der Waals surface area (Å²) in [4.78, 5) is 12.9. The molecule has 0 radical (unpaired) electrons. The zero-order valence-electron chi connectivity index (χ0n) is 17.1. The third-order valence-corrected chi connectivity index (χ3v) is 5.23. The van der Waals surface area contributed by atoms with E-state index in [9.17, 15) is 14.8 Å². The zero-order chi connectivity index (χ0) is 22.9. The van der Waals surface area contributed by atoms with E-state index in [-0.39, 0.29) is 17.1 Å². The molecule has 1 unspecified atom stereocenters. The quantitative estimate of drug-likeness (QED) is 0.440. The molecule has 0 aliphatic rings. The normalized spacial score (nSPS) is 11.9. The van der Waals surface area contributed by atoms with Crippen LogP contribution in [0.4, 0.5) is 10.2 Å². The van der Waals surface area contributed by atoms with Crippen LogP contribution in [-0.2, 0) is 0 Å². The average Bonchev–Trinajstić information content (AvgIpc) is 3.30. The second-order valence-electron chi connectivity index (χ2n) is 7.27. The van der Waals surface area contributed by atoms with Crippen molar-refractivity contribution in [2.45, 2.75) is 6.10 Å². The third kappa shape index (κ3) is 3.54. The molecular formula is C24H16FN7O. The Kier molecular flexibility index (Phi) is 4.97. The summed E-state index contributed by atoms with van der Waals surface area (Å²) in [6, 6.07) is 18.3. The topological polar surface area (TPSA) is 126 Å². The molecule has 0 saturated heterocycles. The van der Waals surface area contributed by atoms with E-state index >= 15 is 0 Å². The summed E-state index contributed by atoms with van der Waals surface area (Å²) in [7, 11) is 0. The summed E-state index contributed by atoms with van der Waals surface area (Å²) in [5.41, 5.74) is 9.54. The Morgan fingerprint density at radius 1 is 1.09 bits per heavy atom. The van der Waals surface area contributed by atoms with Crippen molar-refractivity contribution in [3.05, 3.63) is 95.8 Å². The fraction of sp³-hybridized carbons (Fsp3) is 0.0417. The van der Waals surface area contributed by atoms with E-state index in [0.29, 0.717) is 33.7 Å². The van der Waals surface area contributed by atoms with Crippen molar-refractivity contribution in [2.75, 3.05) is 5.73 Å². The number of aliphatic hydroxyl groups is 1. The molecular weight excluding hydrogens is 421 g/mol. The number of aliphatic hydroxyl groups excluding tert-OH is 1. The Morgan fingerprint density at radius 3 is 2.70 bits per heavy atom. The van der Waals surface area contributed by atoms with Crippen LogP contribution < -0.4 is 5.73 Å². The lowest BCUT2D eigenvalue weighted by atomic mass is 10.0. The molecule has 5 aromatic rings. The van der Waals surface area contributed by atoms with E-state index in [1.54, 1.807) is 54.7 Å². The van der Waals surface area contributed by atoms with E-state index in [4.69, 9.17) is 5.73 Å². The standard InChI is InChI=1S/C24H16FN7O/c25-17-7-2-1-6-16(17)23(33)19-11-20-24(27)30-21(15-5-3-4-14(10-15)12-26)22(32(20)31-19)18-8-9-28-13-29-18/h1-11,13,23,33H,(H2,27,30). The molecule has 3 aromatic heterocycles. The molecule has 8 nitrogen and oxygen atoms in total. The predicted molar refractivity (Wildman–Crippen MR) is 119 cm³/mol. The van der Waals surface area contributed by atoms with E-state index < -0.39 is 11.9 Å². The maximum atomic E-state index is 14.3. The second-order valence-corrected chi connectivity index (χ2v) is 7.27. The van der Waals surface area contributed by atoms with Gasteiger partial charge in [0, 0.05) is 17.3 Å². The molecule has 9 heteroatoms. The number of halogens is 1. The Balaban J connectivity index is 1.79. The lowest BCUT2D eigenvalue weighted by molar-refractivity contribution is 0.209. The third-order valence-electron chi connectivity index (χ3n) is 5.23. The van der Waals surface area contributed by atoms with Gasteiger partial charge in [-0.2, -0.15) is 10.4 Å². The van der Waals surface area contributed by atoms with Crippen molar-refractivity contribution in [3.63, 3.8) is 0 Å². The highest BCUT2D eigenvalue weighted by atomic mass is 19.1. The van der Waals surface area contributed by atoms with Gasteiger partial charge in [0.05, 0.1) is 23.0 Å². The van der Waals surface area contributed by atoms with Crippen LogP contribution in [0, 0.1) is 17.1 Å². The van der Waals surface area contributed by atoms with Crippen LogP contribution in [0.3, 0.4) is 0 Å². The van der Waals surface area contributed by atoms with Gasteiger partial charge in [-0.05, 0) is 30.3 Å². The molecule has 2 aromatic carbocycles. The lowest BCUT2D eigenvalue weighted by Gasteiger charge is -2.12. The fourth-order valence-electron chi connectivity index (χ4n) is 3.67. The van der Waals surface area contributed by atoms with Crippen molar-refractivity contribution in [2.24, 2.45) is 0 Å². The molecule has 3 heterocycles. The Labute approximate surface area is 187 Å². The maximum absolute atomic E-state index is 14.3. The van der Waals surface area contributed by atoms with E-state index in [1.807, 2.05) is 0 Å². The first-order chi connectivity index (χ1) is 16.1. The summed E-state index contributed by atoms with van der Waals surface area (Å²) >= 11 is 0. The number of anilines is 1. The molecule has 0 aliphatic heterocycles. The summed E-state index contributed by atoms with van der Waals surface area (Å²) in [5, 5.41) is 24.7. The number of fused-ring (bicyclic) bond motifs is 1. The molecule has 33 heavy (non-hydrogen) atoms. The molecule has 0 bridgehead atoms. The van der Waals surface area contributed by atoms with E-state index in [0.717, 1.165) is 0 Å². The van der Waals surface area contributed by atoms with Crippen LogP contribution in [0.25, 0.3) is 28.2 Å². The first-order valence-corrected chi connectivity index (χ1v) is 9.95. The van der Waals surface area contributed by atoms with Gasteiger partial charge in [-0.25, -0.2) is 23.9 Å². The second kappa shape index (κ2) is 8.11. The molecule has 0 amide bonds. The van der Waals surface area contributed by atoms with Crippen molar-refractivity contribution in [3.8, 4) is 28.7 Å². The molecule has 0 spiro atoms. The van der Waals surface area contributed by atoms with Crippen LogP contribution in [0.1, 0.15) is 22.9 Å². The molecule has 0 fully saturated rings. The number of nitriles is 1. The molecule has 160 valence electrons. The van der Waals surface area contributed by atoms with Gasteiger partial charge in [0.15, 0.2) is 0 Å². The van der Waals surface area contributed by atoms with Crippen molar-refractivity contribution in [1.29, 1.82) is 5.26 Å². The maximum Gasteiger partial charge on any atom is 0.150 e. The molecule has 1 atom stereocenters. The van der Waals surface area contributed by atoms with Crippen molar-refractivity contribution in [1.82, 2.24) is 24.6 Å². The number of nitrogens with two attached hydrogens (primary N) is 1. The molecule has 5 rings (SSSR count). The van der Waals surface area contributed by atoms with Crippen molar-refractivity contribution >= 4 is 11.3 Å². The number of rotatable bonds is 4. The number of nitrogen functional groups attached to an aromatic ring is 1. The van der Waals surface area contributed by atoms with Crippen LogP contribution in [0.2, 0.25) is 0 Å². The minimum absolute atomic E-state index is 0.0953. The van der Waals surface area contributed by atoms with Crippen LogP contribution in [-0.4, -0.2) is 29.7 Å². The average molecular weight is 437 g/mol. The van der Waals surface area contributed by atoms with Gasteiger partial charge in [-0.15, -0.1) is 0 Å². The Morgan fingerprint density at radius 2 is 1.94 bits per heavy atom. The van der Waals surface area contributed by atoms with Gasteiger partial charge in [0.1, 0.15) is 41.0 Å². The fourth-order valence-corrected chi connectivity index (χ4v) is 3.67. The van der Waals surface area contributed by atoms with Gasteiger partial charge in [0.25, 0.3) is 0 Å². The minimum Gasteiger partial charge on any atom is -0.382 e. The van der Waals surface area contributed by atoms with Crippen LogP contribution >= 0.6 is 0 Å². The summed E-state index contributed by atoms with van der Waals surface area (Å²) in [5.74, 6) is -0.386. The van der Waals surface area contributed by atoms with Gasteiger partial charge in [-0.3, -0.25) is 0 Å². The highest BCUT2D eigenvalue weighted by Gasteiger charge is 2.23. The molecule has 0 saturated carbocycles. The number of hydrogen-bond acceptors (Lipinski definition) is 7. The highest BCUT2D eigenvalue weighted by molar-refractivity contribution is 5.83. The molecule has 3 N–H and O–H groups in total. The monoisotopic (exact) mass is 437 g/mol. The summed E-state index contributed by atoms with van der Waals surface area (Å²) in [6.07, 6.45) is 1.67. The summed E-state index contributed by atoms with van der Waals surface area (Å²) < 4.78 is 15.8. The van der Waals surface area contributed by atoms with E-state index in [2.05, 4.69) is 26.1 Å². The van der Waals surface area contributed by atoms with Gasteiger partial charge < -0.3 is 10.8 Å². The first-order valence-electron chi connectivity index (χ1n) is 9.95. The number of hydrogen-bond donors (Lipinski definition) is 2. The number of nitrogens with zero attached hydrogens (tertiary/aromatic N) is 6. The van der Waals surface area contributed by atoms with E-state index in [1.165, 1.54) is 23.0 Å². The smallest absolute Gasteiger partial charge is 0.150 e. The van der Waals surface area contributed by atoms with Crippen LogP contribution in [0.5, 0.6) is 0 Å². The minimum atomic E-state index is -1.31.